The van der Waals surface area contributed by atoms with E-state index in [2.05, 4.69) is 10.2 Å². The molecule has 3 aliphatic rings. The first-order valence-electron chi connectivity index (χ1n) is 10.3. The molecule has 1 aliphatic carbocycles. The maximum Gasteiger partial charge on any atom is 0.254 e. The molecule has 0 bridgehead atoms. The lowest BCUT2D eigenvalue weighted by Crippen LogP contribution is -2.51. The number of piperazine rings is 1. The molecule has 0 radical (unpaired) electrons. The molecule has 4 rings (SSSR count). The number of amides is 3. The minimum absolute atomic E-state index is 0.0203. The van der Waals surface area contributed by atoms with Crippen molar-refractivity contribution in [2.75, 3.05) is 51.1 Å². The van der Waals surface area contributed by atoms with Crippen LogP contribution in [0.15, 0.2) is 24.3 Å². The zero-order valence-electron chi connectivity index (χ0n) is 16.2. The van der Waals surface area contributed by atoms with Crippen LogP contribution in [0.5, 0.6) is 0 Å². The second kappa shape index (κ2) is 8.31. The highest BCUT2D eigenvalue weighted by Crippen LogP contribution is 2.30. The first-order valence-corrected chi connectivity index (χ1v) is 10.3. The topological polar surface area (TPSA) is 73.0 Å². The summed E-state index contributed by atoms with van der Waals surface area (Å²) in [6, 6.07) is 7.17. The molecule has 0 aromatic heterocycles. The Labute approximate surface area is 165 Å². The van der Waals surface area contributed by atoms with Crippen LogP contribution in [-0.2, 0) is 9.59 Å². The van der Waals surface area contributed by atoms with E-state index in [4.69, 9.17) is 0 Å². The standard InChI is InChI=1S/C21H28N4O3/c26-19(24-8-1-2-9-24)15-23-10-12-25(13-11-23)21(28)17-4-3-5-18(14-17)22-20(27)16-6-7-16/h3-5,14,16H,1-2,6-13,15H2,(H,22,27). The minimum atomic E-state index is -0.0203. The van der Waals surface area contributed by atoms with Crippen LogP contribution in [0.4, 0.5) is 5.69 Å². The van der Waals surface area contributed by atoms with Crippen LogP contribution in [0, 0.1) is 5.92 Å². The van der Waals surface area contributed by atoms with E-state index in [1.54, 1.807) is 18.2 Å². The van der Waals surface area contributed by atoms with E-state index in [9.17, 15) is 14.4 Å². The maximum atomic E-state index is 12.8. The van der Waals surface area contributed by atoms with Gasteiger partial charge in [0.2, 0.25) is 11.8 Å². The van der Waals surface area contributed by atoms with Gasteiger partial charge in [-0.15, -0.1) is 0 Å². The van der Waals surface area contributed by atoms with Gasteiger partial charge in [-0.25, -0.2) is 0 Å². The Morgan fingerprint density at radius 2 is 1.64 bits per heavy atom. The van der Waals surface area contributed by atoms with Gasteiger partial charge in [-0.1, -0.05) is 6.07 Å². The number of nitrogens with one attached hydrogen (secondary N) is 1. The Hall–Kier alpha value is -2.41. The summed E-state index contributed by atoms with van der Waals surface area (Å²) in [5, 5.41) is 2.90. The number of carbonyl (C=O) groups excluding carboxylic acids is 3. The van der Waals surface area contributed by atoms with E-state index in [0.717, 1.165) is 38.8 Å². The maximum absolute atomic E-state index is 12.8. The molecule has 1 saturated carbocycles. The molecule has 2 heterocycles. The van der Waals surface area contributed by atoms with Crippen molar-refractivity contribution in [3.8, 4) is 0 Å². The van der Waals surface area contributed by atoms with E-state index in [-0.39, 0.29) is 23.6 Å². The van der Waals surface area contributed by atoms with Gasteiger partial charge in [-0.05, 0) is 43.9 Å². The van der Waals surface area contributed by atoms with E-state index < -0.39 is 0 Å². The first-order chi connectivity index (χ1) is 13.6. The fourth-order valence-electron chi connectivity index (χ4n) is 3.87. The molecule has 2 saturated heterocycles. The number of likely N-dealkylation sites (tertiary alicyclic amines) is 1. The van der Waals surface area contributed by atoms with Crippen molar-refractivity contribution in [2.45, 2.75) is 25.7 Å². The van der Waals surface area contributed by atoms with E-state index in [1.807, 2.05) is 15.9 Å². The number of hydrogen-bond donors (Lipinski definition) is 1. The van der Waals surface area contributed by atoms with Crippen molar-refractivity contribution in [3.63, 3.8) is 0 Å². The van der Waals surface area contributed by atoms with E-state index >= 15 is 0 Å². The molecule has 0 unspecified atom stereocenters. The van der Waals surface area contributed by atoms with Gasteiger partial charge in [0.15, 0.2) is 0 Å². The van der Waals surface area contributed by atoms with Crippen molar-refractivity contribution in [1.82, 2.24) is 14.7 Å². The minimum Gasteiger partial charge on any atom is -0.342 e. The van der Waals surface area contributed by atoms with Gasteiger partial charge in [-0.3, -0.25) is 19.3 Å². The largest absolute Gasteiger partial charge is 0.342 e. The Kier molecular flexibility index (Phi) is 5.62. The zero-order valence-corrected chi connectivity index (χ0v) is 16.2. The summed E-state index contributed by atoms with van der Waals surface area (Å²) < 4.78 is 0. The highest BCUT2D eigenvalue weighted by molar-refractivity contribution is 5.98. The van der Waals surface area contributed by atoms with Crippen molar-refractivity contribution in [1.29, 1.82) is 0 Å². The van der Waals surface area contributed by atoms with Gasteiger partial charge >= 0.3 is 0 Å². The lowest BCUT2D eigenvalue weighted by atomic mass is 10.1. The Morgan fingerprint density at radius 3 is 2.32 bits per heavy atom. The molecule has 3 fully saturated rings. The van der Waals surface area contributed by atoms with Gasteiger partial charge in [0.05, 0.1) is 6.54 Å². The molecule has 28 heavy (non-hydrogen) atoms. The van der Waals surface area contributed by atoms with Crippen LogP contribution in [0.3, 0.4) is 0 Å². The van der Waals surface area contributed by atoms with Crippen LogP contribution in [0.2, 0.25) is 0 Å². The summed E-state index contributed by atoms with van der Waals surface area (Å²) in [6.07, 6.45) is 4.12. The fraction of sp³-hybridized carbons (Fsp3) is 0.571. The quantitative estimate of drug-likeness (QED) is 0.833. The molecular formula is C21H28N4O3. The average Bonchev–Trinajstić information content (AvgIpc) is 3.42. The average molecular weight is 384 g/mol. The third-order valence-corrected chi connectivity index (χ3v) is 5.80. The van der Waals surface area contributed by atoms with E-state index in [1.165, 1.54) is 0 Å². The third-order valence-electron chi connectivity index (χ3n) is 5.80. The van der Waals surface area contributed by atoms with Gasteiger partial charge in [-0.2, -0.15) is 0 Å². The molecule has 0 spiro atoms. The first kappa shape index (κ1) is 18.9. The summed E-state index contributed by atoms with van der Waals surface area (Å²) >= 11 is 0. The summed E-state index contributed by atoms with van der Waals surface area (Å²) in [6.45, 7) is 4.86. The van der Waals surface area contributed by atoms with Crippen LogP contribution in [0.25, 0.3) is 0 Å². The smallest absolute Gasteiger partial charge is 0.254 e. The summed E-state index contributed by atoms with van der Waals surface area (Å²) in [7, 11) is 0. The van der Waals surface area contributed by atoms with Crippen LogP contribution < -0.4 is 5.32 Å². The highest BCUT2D eigenvalue weighted by atomic mass is 16.2. The molecule has 1 aromatic carbocycles. The highest BCUT2D eigenvalue weighted by Gasteiger charge is 2.30. The summed E-state index contributed by atoms with van der Waals surface area (Å²) in [5.74, 6) is 0.362. The van der Waals surface area contributed by atoms with Crippen molar-refractivity contribution in [3.05, 3.63) is 29.8 Å². The number of anilines is 1. The lowest BCUT2D eigenvalue weighted by molar-refractivity contribution is -0.131. The van der Waals surface area contributed by atoms with Crippen molar-refractivity contribution < 1.29 is 14.4 Å². The molecule has 7 nitrogen and oxygen atoms in total. The molecule has 0 atom stereocenters. The second-order valence-corrected chi connectivity index (χ2v) is 8.00. The molecule has 1 aromatic rings. The predicted octanol–water partition coefficient (Wildman–Crippen LogP) is 1.42. The SMILES string of the molecule is O=C(Nc1cccc(C(=O)N2CCN(CC(=O)N3CCCC3)CC2)c1)C1CC1. The Balaban J connectivity index is 1.28. The number of rotatable bonds is 5. The van der Waals surface area contributed by atoms with Gasteiger partial charge in [0.25, 0.3) is 5.91 Å². The van der Waals surface area contributed by atoms with Crippen LogP contribution >= 0.6 is 0 Å². The molecule has 150 valence electrons. The predicted molar refractivity (Wildman–Crippen MR) is 106 cm³/mol. The fourth-order valence-corrected chi connectivity index (χ4v) is 3.87. The summed E-state index contributed by atoms with van der Waals surface area (Å²) in [5.41, 5.74) is 1.27. The van der Waals surface area contributed by atoms with Crippen LogP contribution in [0.1, 0.15) is 36.0 Å². The lowest BCUT2D eigenvalue weighted by Gasteiger charge is -2.35. The Morgan fingerprint density at radius 1 is 0.929 bits per heavy atom. The molecule has 3 amide bonds. The number of carbonyl (C=O) groups is 3. The number of benzene rings is 1. The van der Waals surface area contributed by atoms with Crippen LogP contribution in [-0.4, -0.2) is 78.2 Å². The monoisotopic (exact) mass is 384 g/mol. The molecule has 2 aliphatic heterocycles. The Bertz CT molecular complexity index is 748. The molecular weight excluding hydrogens is 356 g/mol. The van der Waals surface area contributed by atoms with Gasteiger partial charge < -0.3 is 15.1 Å². The number of nitrogens with zero attached hydrogens (tertiary/aromatic N) is 3. The van der Waals surface area contributed by atoms with E-state index in [0.29, 0.717) is 44.0 Å². The zero-order chi connectivity index (χ0) is 19.5. The number of hydrogen-bond acceptors (Lipinski definition) is 4. The second-order valence-electron chi connectivity index (χ2n) is 8.00. The summed E-state index contributed by atoms with van der Waals surface area (Å²) in [4.78, 5) is 43.0. The van der Waals surface area contributed by atoms with Gasteiger partial charge in [0.1, 0.15) is 0 Å². The van der Waals surface area contributed by atoms with Crippen molar-refractivity contribution >= 4 is 23.4 Å². The molecule has 1 N–H and O–H groups in total. The normalized spacial score (nSPS) is 20.3. The third kappa shape index (κ3) is 4.52. The molecule has 7 heteroatoms. The van der Waals surface area contributed by atoms with Gasteiger partial charge in [0, 0.05) is 56.4 Å². The van der Waals surface area contributed by atoms with Crippen molar-refractivity contribution in [2.24, 2.45) is 5.92 Å².